The fraction of sp³-hybridized carbons (Fsp3) is 0.769. The lowest BCUT2D eigenvalue weighted by molar-refractivity contribution is 0.116. The Morgan fingerprint density at radius 1 is 1.24 bits per heavy atom. The summed E-state index contributed by atoms with van der Waals surface area (Å²) in [6.07, 6.45) is 10.6. The van der Waals surface area contributed by atoms with Gasteiger partial charge in [-0.3, -0.25) is 0 Å². The van der Waals surface area contributed by atoms with E-state index in [1.54, 1.807) is 0 Å². The number of aromatic nitrogens is 2. The molecule has 0 spiro atoms. The molecule has 0 bridgehead atoms. The summed E-state index contributed by atoms with van der Waals surface area (Å²) >= 11 is 0. The van der Waals surface area contributed by atoms with Crippen LogP contribution in [0.3, 0.4) is 0 Å². The normalized spacial score (nSPS) is 29.5. The number of aliphatic hydroxyl groups is 1. The van der Waals surface area contributed by atoms with Crippen LogP contribution in [0.1, 0.15) is 50.3 Å². The third kappa shape index (κ3) is 2.69. The summed E-state index contributed by atoms with van der Waals surface area (Å²) in [5.41, 5.74) is 1.30. The number of nitrogens with one attached hydrogen (secondary N) is 1. The predicted molar refractivity (Wildman–Crippen MR) is 65.6 cm³/mol. The van der Waals surface area contributed by atoms with Gasteiger partial charge < -0.3 is 15.0 Å². The largest absolute Gasteiger partial charge is 0.393 e. The standard InChI is InChI=1S/C13H21N3O/c17-13-5-1-10(2-6-13)15-8-12-7-14-9-16(12)11-3-4-11/h7,9-11,13,15,17H,1-6,8H2. The quantitative estimate of drug-likeness (QED) is 0.833. The maximum atomic E-state index is 9.46. The Hall–Kier alpha value is -0.870. The van der Waals surface area contributed by atoms with E-state index in [2.05, 4.69) is 14.9 Å². The molecule has 0 atom stereocenters. The summed E-state index contributed by atoms with van der Waals surface area (Å²) in [5.74, 6) is 0. The molecule has 2 fully saturated rings. The molecule has 3 rings (SSSR count). The van der Waals surface area contributed by atoms with Crippen molar-refractivity contribution in [2.45, 2.75) is 63.3 Å². The van der Waals surface area contributed by atoms with Crippen LogP contribution in [0.2, 0.25) is 0 Å². The van der Waals surface area contributed by atoms with Crippen molar-refractivity contribution in [3.63, 3.8) is 0 Å². The molecule has 17 heavy (non-hydrogen) atoms. The highest BCUT2D eigenvalue weighted by atomic mass is 16.3. The maximum Gasteiger partial charge on any atom is 0.0951 e. The maximum absolute atomic E-state index is 9.46. The number of hydrogen-bond acceptors (Lipinski definition) is 3. The number of aliphatic hydroxyl groups excluding tert-OH is 1. The minimum Gasteiger partial charge on any atom is -0.393 e. The molecule has 2 N–H and O–H groups in total. The molecule has 1 heterocycles. The van der Waals surface area contributed by atoms with Crippen molar-refractivity contribution in [2.24, 2.45) is 0 Å². The van der Waals surface area contributed by atoms with E-state index in [-0.39, 0.29) is 6.10 Å². The average Bonchev–Trinajstić information content (AvgIpc) is 3.08. The van der Waals surface area contributed by atoms with Gasteiger partial charge in [0.15, 0.2) is 0 Å². The molecular weight excluding hydrogens is 214 g/mol. The van der Waals surface area contributed by atoms with E-state index in [9.17, 15) is 5.11 Å². The Labute approximate surface area is 102 Å². The average molecular weight is 235 g/mol. The van der Waals surface area contributed by atoms with Crippen LogP contribution < -0.4 is 5.32 Å². The van der Waals surface area contributed by atoms with Gasteiger partial charge in [0.05, 0.1) is 18.1 Å². The van der Waals surface area contributed by atoms with Gasteiger partial charge in [-0.2, -0.15) is 0 Å². The van der Waals surface area contributed by atoms with Crippen molar-refractivity contribution in [1.29, 1.82) is 0 Å². The molecule has 4 heteroatoms. The Kier molecular flexibility index (Phi) is 3.16. The Morgan fingerprint density at radius 3 is 2.71 bits per heavy atom. The third-order valence-corrected chi connectivity index (χ3v) is 3.96. The molecule has 0 aromatic carbocycles. The number of imidazole rings is 1. The zero-order valence-electron chi connectivity index (χ0n) is 10.2. The van der Waals surface area contributed by atoms with Crippen LogP contribution in [0, 0.1) is 0 Å². The summed E-state index contributed by atoms with van der Waals surface area (Å²) < 4.78 is 2.31. The van der Waals surface area contributed by atoms with Crippen molar-refractivity contribution in [3.8, 4) is 0 Å². The molecule has 2 saturated carbocycles. The van der Waals surface area contributed by atoms with Crippen LogP contribution in [0.5, 0.6) is 0 Å². The predicted octanol–water partition coefficient (Wildman–Crippen LogP) is 1.61. The zero-order valence-corrected chi connectivity index (χ0v) is 10.2. The van der Waals surface area contributed by atoms with Crippen LogP contribution in [0.4, 0.5) is 0 Å². The highest BCUT2D eigenvalue weighted by molar-refractivity contribution is 5.03. The van der Waals surface area contributed by atoms with E-state index in [1.807, 2.05) is 12.5 Å². The van der Waals surface area contributed by atoms with E-state index in [0.717, 1.165) is 32.2 Å². The van der Waals surface area contributed by atoms with E-state index >= 15 is 0 Å². The fourth-order valence-corrected chi connectivity index (χ4v) is 2.68. The van der Waals surface area contributed by atoms with Gasteiger partial charge in [-0.05, 0) is 38.5 Å². The van der Waals surface area contributed by atoms with E-state index in [1.165, 1.54) is 18.5 Å². The van der Waals surface area contributed by atoms with Gasteiger partial charge in [-0.25, -0.2) is 4.98 Å². The summed E-state index contributed by atoms with van der Waals surface area (Å²) in [6, 6.07) is 1.28. The van der Waals surface area contributed by atoms with Gasteiger partial charge in [0.1, 0.15) is 0 Å². The minimum atomic E-state index is -0.0648. The molecular formula is C13H21N3O. The van der Waals surface area contributed by atoms with Gasteiger partial charge >= 0.3 is 0 Å². The van der Waals surface area contributed by atoms with E-state index < -0.39 is 0 Å². The molecule has 0 amide bonds. The third-order valence-electron chi connectivity index (χ3n) is 3.96. The molecule has 0 unspecified atom stereocenters. The van der Waals surface area contributed by atoms with Crippen molar-refractivity contribution in [2.75, 3.05) is 0 Å². The van der Waals surface area contributed by atoms with Gasteiger partial charge in [-0.15, -0.1) is 0 Å². The summed E-state index contributed by atoms with van der Waals surface area (Å²) in [7, 11) is 0. The van der Waals surface area contributed by atoms with Crippen molar-refractivity contribution in [3.05, 3.63) is 18.2 Å². The van der Waals surface area contributed by atoms with E-state index in [0.29, 0.717) is 12.1 Å². The Morgan fingerprint density at radius 2 is 2.00 bits per heavy atom. The van der Waals surface area contributed by atoms with Crippen molar-refractivity contribution < 1.29 is 5.11 Å². The first kappa shape index (κ1) is 11.2. The van der Waals surface area contributed by atoms with Gasteiger partial charge in [0.25, 0.3) is 0 Å². The molecule has 2 aliphatic rings. The lowest BCUT2D eigenvalue weighted by Crippen LogP contribution is -2.34. The van der Waals surface area contributed by atoms with Crippen LogP contribution in [0.25, 0.3) is 0 Å². The Bertz CT molecular complexity index is 364. The highest BCUT2D eigenvalue weighted by Crippen LogP contribution is 2.35. The molecule has 4 nitrogen and oxygen atoms in total. The molecule has 0 saturated heterocycles. The molecule has 0 radical (unpaired) electrons. The minimum absolute atomic E-state index is 0.0648. The molecule has 94 valence electrons. The van der Waals surface area contributed by atoms with Gasteiger partial charge in [0.2, 0.25) is 0 Å². The first-order valence-electron chi connectivity index (χ1n) is 6.75. The first-order chi connectivity index (χ1) is 8.33. The van der Waals surface area contributed by atoms with Crippen molar-refractivity contribution >= 4 is 0 Å². The fourth-order valence-electron chi connectivity index (χ4n) is 2.68. The summed E-state index contributed by atoms with van der Waals surface area (Å²) in [5, 5.41) is 13.1. The molecule has 1 aromatic rings. The van der Waals surface area contributed by atoms with Crippen molar-refractivity contribution in [1.82, 2.24) is 14.9 Å². The van der Waals surface area contributed by atoms with Gasteiger partial charge in [-0.1, -0.05) is 0 Å². The summed E-state index contributed by atoms with van der Waals surface area (Å²) in [6.45, 7) is 0.914. The van der Waals surface area contributed by atoms with Crippen LogP contribution >= 0.6 is 0 Å². The second kappa shape index (κ2) is 4.78. The highest BCUT2D eigenvalue weighted by Gasteiger charge is 2.25. The number of rotatable bonds is 4. The second-order valence-electron chi connectivity index (χ2n) is 5.41. The smallest absolute Gasteiger partial charge is 0.0951 e. The molecule has 0 aliphatic heterocycles. The number of hydrogen-bond donors (Lipinski definition) is 2. The SMILES string of the molecule is OC1CCC(NCc2cncn2C2CC2)CC1. The van der Waals surface area contributed by atoms with E-state index in [4.69, 9.17) is 0 Å². The summed E-state index contributed by atoms with van der Waals surface area (Å²) in [4.78, 5) is 4.24. The Balaban J connectivity index is 1.51. The second-order valence-corrected chi connectivity index (χ2v) is 5.41. The van der Waals surface area contributed by atoms with Gasteiger partial charge in [0, 0.05) is 24.8 Å². The zero-order chi connectivity index (χ0) is 11.7. The van der Waals surface area contributed by atoms with Crippen LogP contribution in [-0.2, 0) is 6.54 Å². The first-order valence-corrected chi connectivity index (χ1v) is 6.75. The monoisotopic (exact) mass is 235 g/mol. The lowest BCUT2D eigenvalue weighted by atomic mass is 9.93. The van der Waals surface area contributed by atoms with Crippen LogP contribution in [0.15, 0.2) is 12.5 Å². The number of nitrogens with zero attached hydrogens (tertiary/aromatic N) is 2. The topological polar surface area (TPSA) is 50.1 Å². The lowest BCUT2D eigenvalue weighted by Gasteiger charge is -2.26. The molecule has 2 aliphatic carbocycles. The molecule has 1 aromatic heterocycles. The van der Waals surface area contributed by atoms with Crippen LogP contribution in [-0.4, -0.2) is 26.8 Å².